The summed E-state index contributed by atoms with van der Waals surface area (Å²) in [6.07, 6.45) is 0.454. The van der Waals surface area contributed by atoms with E-state index in [1.807, 2.05) is 13.8 Å². The molecule has 3 aromatic rings. The molecule has 0 aliphatic carbocycles. The van der Waals surface area contributed by atoms with Gasteiger partial charge in [0.15, 0.2) is 6.10 Å². The maximum absolute atomic E-state index is 13.3. The Balaban J connectivity index is 0.00000126. The number of carboxylic acids is 1. The van der Waals surface area contributed by atoms with Gasteiger partial charge in [-0.05, 0) is 48.7 Å². The van der Waals surface area contributed by atoms with Crippen molar-refractivity contribution in [3.8, 4) is 16.9 Å². The minimum absolute atomic E-state index is 0.216. The highest BCUT2D eigenvalue weighted by molar-refractivity contribution is 6.33. The van der Waals surface area contributed by atoms with Gasteiger partial charge in [-0.1, -0.05) is 25.4 Å². The first-order valence-electron chi connectivity index (χ1n) is 8.37. The lowest BCUT2D eigenvalue weighted by atomic mass is 10.0. The molecule has 0 fully saturated rings. The molecule has 0 spiro atoms. The van der Waals surface area contributed by atoms with Crippen LogP contribution in [0.25, 0.3) is 21.9 Å². The summed E-state index contributed by atoms with van der Waals surface area (Å²) < 4.78 is 18.6. The van der Waals surface area contributed by atoms with E-state index < -0.39 is 17.9 Å². The number of aliphatic carboxylic acids is 1. The summed E-state index contributed by atoms with van der Waals surface area (Å²) in [7, 11) is 0. The Morgan fingerprint density at radius 1 is 1.15 bits per heavy atom. The van der Waals surface area contributed by atoms with Crippen molar-refractivity contribution in [2.24, 2.45) is 0 Å². The molecule has 0 radical (unpaired) electrons. The molecule has 1 heterocycles. The van der Waals surface area contributed by atoms with Crippen molar-refractivity contribution in [3.05, 3.63) is 63.8 Å². The van der Waals surface area contributed by atoms with Gasteiger partial charge in [-0.25, -0.2) is 9.18 Å². The predicted octanol–water partition coefficient (Wildman–Crippen LogP) is 4.87. The monoisotopic (exact) mass is 391 g/mol. The number of hydrogen-bond acceptors (Lipinski definition) is 3. The first kappa shape index (κ1) is 20.5. The molecular formula is C20H19ClFNO4. The highest BCUT2D eigenvalue weighted by Gasteiger charge is 2.15. The van der Waals surface area contributed by atoms with Crippen LogP contribution >= 0.6 is 11.6 Å². The van der Waals surface area contributed by atoms with Gasteiger partial charge in [0.1, 0.15) is 11.6 Å². The molecule has 2 N–H and O–H groups in total. The van der Waals surface area contributed by atoms with E-state index in [0.29, 0.717) is 21.9 Å². The normalized spacial score (nSPS) is 11.4. The molecule has 0 saturated heterocycles. The molecule has 142 valence electrons. The molecule has 7 heteroatoms. The topological polar surface area (TPSA) is 79.4 Å². The lowest BCUT2D eigenvalue weighted by Crippen LogP contribution is -2.22. The Morgan fingerprint density at radius 3 is 2.48 bits per heavy atom. The number of H-pyrrole nitrogens is 1. The van der Waals surface area contributed by atoms with E-state index in [-0.39, 0.29) is 16.3 Å². The Morgan fingerprint density at radius 2 is 1.85 bits per heavy atom. The third-order valence-corrected chi connectivity index (χ3v) is 4.07. The fourth-order valence-corrected chi connectivity index (χ4v) is 2.77. The summed E-state index contributed by atoms with van der Waals surface area (Å²) >= 11 is 6.12. The van der Waals surface area contributed by atoms with Crippen LogP contribution in [0.15, 0.2) is 47.4 Å². The van der Waals surface area contributed by atoms with Gasteiger partial charge in [-0.3, -0.25) is 4.79 Å². The maximum Gasteiger partial charge on any atom is 0.344 e. The van der Waals surface area contributed by atoms with Gasteiger partial charge in [0.2, 0.25) is 0 Å². The fraction of sp³-hybridized carbons (Fsp3) is 0.200. The van der Waals surface area contributed by atoms with Crippen LogP contribution in [0.2, 0.25) is 5.02 Å². The van der Waals surface area contributed by atoms with Crippen LogP contribution in [0, 0.1) is 5.82 Å². The quantitative estimate of drug-likeness (QED) is 0.665. The zero-order valence-electron chi connectivity index (χ0n) is 15.0. The molecule has 1 aromatic heterocycles. The number of ether oxygens (including phenoxy) is 1. The number of halogens is 2. The minimum atomic E-state index is -1.11. The summed E-state index contributed by atoms with van der Waals surface area (Å²) in [6.45, 7) is 5.39. The molecule has 0 aliphatic rings. The van der Waals surface area contributed by atoms with Crippen LogP contribution in [-0.2, 0) is 4.79 Å². The summed E-state index contributed by atoms with van der Waals surface area (Å²) in [5.74, 6) is -1.31. The van der Waals surface area contributed by atoms with E-state index in [2.05, 4.69) is 4.98 Å². The predicted molar refractivity (Wildman–Crippen MR) is 104 cm³/mol. The van der Waals surface area contributed by atoms with Crippen molar-refractivity contribution in [1.29, 1.82) is 0 Å². The van der Waals surface area contributed by atoms with Crippen LogP contribution in [0.5, 0.6) is 5.75 Å². The first-order chi connectivity index (χ1) is 12.9. The van der Waals surface area contributed by atoms with E-state index >= 15 is 0 Å². The van der Waals surface area contributed by atoms with Crippen LogP contribution in [0.3, 0.4) is 0 Å². The van der Waals surface area contributed by atoms with Crippen LogP contribution in [0.1, 0.15) is 20.8 Å². The molecule has 5 nitrogen and oxygen atoms in total. The number of benzene rings is 2. The summed E-state index contributed by atoms with van der Waals surface area (Å²) in [4.78, 5) is 25.7. The van der Waals surface area contributed by atoms with Crippen molar-refractivity contribution in [1.82, 2.24) is 4.98 Å². The van der Waals surface area contributed by atoms with Crippen molar-refractivity contribution in [3.63, 3.8) is 0 Å². The van der Waals surface area contributed by atoms with E-state index in [1.54, 1.807) is 12.1 Å². The largest absolute Gasteiger partial charge is 0.479 e. The Labute approximate surface area is 160 Å². The number of pyridine rings is 1. The zero-order chi connectivity index (χ0) is 20.1. The highest BCUT2D eigenvalue weighted by Crippen LogP contribution is 2.33. The summed E-state index contributed by atoms with van der Waals surface area (Å²) in [5.41, 5.74) is 0.833. The molecule has 0 amide bonds. The maximum atomic E-state index is 13.3. The minimum Gasteiger partial charge on any atom is -0.479 e. The van der Waals surface area contributed by atoms with Gasteiger partial charge >= 0.3 is 5.97 Å². The molecule has 0 saturated carbocycles. The molecule has 27 heavy (non-hydrogen) atoms. The lowest BCUT2D eigenvalue weighted by molar-refractivity contribution is -0.144. The van der Waals surface area contributed by atoms with Gasteiger partial charge in [0.05, 0.1) is 10.4 Å². The Kier molecular flexibility index (Phi) is 6.58. The summed E-state index contributed by atoms with van der Waals surface area (Å²) in [5, 5.41) is 10.0. The smallest absolute Gasteiger partial charge is 0.344 e. The Bertz CT molecular complexity index is 1030. The molecule has 1 atom stereocenters. The summed E-state index contributed by atoms with van der Waals surface area (Å²) in [6, 6.07) is 8.69. The number of carboxylic acid groups (broad SMARTS) is 1. The second-order valence-electron chi connectivity index (χ2n) is 5.46. The van der Waals surface area contributed by atoms with Crippen molar-refractivity contribution >= 4 is 28.3 Å². The van der Waals surface area contributed by atoms with Gasteiger partial charge < -0.3 is 14.8 Å². The van der Waals surface area contributed by atoms with E-state index in [9.17, 15) is 14.0 Å². The van der Waals surface area contributed by atoms with E-state index in [0.717, 1.165) is 0 Å². The number of fused-ring (bicyclic) bond motifs is 1. The third kappa shape index (κ3) is 4.46. The first-order valence-corrected chi connectivity index (χ1v) is 8.75. The second kappa shape index (κ2) is 8.68. The molecular weight excluding hydrogens is 373 g/mol. The molecule has 3 rings (SSSR count). The van der Waals surface area contributed by atoms with Gasteiger partial charge in [-0.15, -0.1) is 0 Å². The number of aromatic nitrogens is 1. The lowest BCUT2D eigenvalue weighted by Gasteiger charge is -2.12. The van der Waals surface area contributed by atoms with Gasteiger partial charge in [-0.2, -0.15) is 0 Å². The SMILES string of the molecule is CC.CC(Oc1ccc2c(-c3ccc(F)cc3Cl)c[nH]c(=O)c2c1)C(=O)O. The average molecular weight is 392 g/mol. The van der Waals surface area contributed by atoms with Crippen LogP contribution in [0.4, 0.5) is 4.39 Å². The number of rotatable bonds is 4. The third-order valence-electron chi connectivity index (χ3n) is 3.76. The highest BCUT2D eigenvalue weighted by atomic mass is 35.5. The van der Waals surface area contributed by atoms with Crippen molar-refractivity contribution < 1.29 is 19.0 Å². The fourth-order valence-electron chi connectivity index (χ4n) is 2.50. The van der Waals surface area contributed by atoms with Gasteiger partial charge in [0.25, 0.3) is 5.56 Å². The average Bonchev–Trinajstić information content (AvgIpc) is 2.64. The number of hydrogen-bond donors (Lipinski definition) is 2. The van der Waals surface area contributed by atoms with E-state index in [1.165, 1.54) is 37.4 Å². The van der Waals surface area contributed by atoms with Crippen LogP contribution in [-0.4, -0.2) is 22.2 Å². The standard InChI is InChI=1S/C18H13ClFNO4.C2H6/c1-9(18(23)24)25-11-3-5-12-14(7-11)17(22)21-8-15(12)13-4-2-10(20)6-16(13)19;1-2/h2-9H,1H3,(H,21,22)(H,23,24);1-2H3. The van der Waals surface area contributed by atoms with Crippen molar-refractivity contribution in [2.75, 3.05) is 0 Å². The van der Waals surface area contributed by atoms with Crippen molar-refractivity contribution in [2.45, 2.75) is 26.9 Å². The Hall–Kier alpha value is -2.86. The number of carbonyl (C=O) groups is 1. The van der Waals surface area contributed by atoms with Gasteiger partial charge in [0, 0.05) is 17.3 Å². The zero-order valence-corrected chi connectivity index (χ0v) is 15.8. The molecule has 0 bridgehead atoms. The number of nitrogens with one attached hydrogen (secondary N) is 1. The molecule has 0 aliphatic heterocycles. The second-order valence-corrected chi connectivity index (χ2v) is 5.87. The van der Waals surface area contributed by atoms with Crippen LogP contribution < -0.4 is 10.3 Å². The number of aromatic amines is 1. The van der Waals surface area contributed by atoms with E-state index in [4.69, 9.17) is 21.4 Å². The molecule has 2 aromatic carbocycles. The molecule has 1 unspecified atom stereocenters.